The first kappa shape index (κ1) is 13.2. The minimum absolute atomic E-state index is 0.156. The first-order valence-electron chi connectivity index (χ1n) is 6.72. The summed E-state index contributed by atoms with van der Waals surface area (Å²) in [5.41, 5.74) is 2.31. The molecule has 2 N–H and O–H groups in total. The number of carbonyl (C=O) groups is 1. The SMILES string of the molecule is CCc1c(C(=O)NCCc2cnc[nH]2)cnc2ncnn12. The number of carbonyl (C=O) groups excluding carboxylic acids is 1. The van der Waals surface area contributed by atoms with E-state index in [9.17, 15) is 4.79 Å². The highest BCUT2D eigenvalue weighted by Crippen LogP contribution is 2.09. The molecular weight excluding hydrogens is 270 g/mol. The molecule has 3 aromatic rings. The average molecular weight is 285 g/mol. The summed E-state index contributed by atoms with van der Waals surface area (Å²) in [6, 6.07) is 0. The molecule has 8 nitrogen and oxygen atoms in total. The van der Waals surface area contributed by atoms with Gasteiger partial charge in [0.1, 0.15) is 6.33 Å². The monoisotopic (exact) mass is 285 g/mol. The number of fused-ring (bicyclic) bond motifs is 1. The van der Waals surface area contributed by atoms with E-state index >= 15 is 0 Å². The number of nitrogens with zero attached hydrogens (tertiary/aromatic N) is 5. The maximum Gasteiger partial charge on any atom is 0.254 e. The number of hydrogen-bond donors (Lipinski definition) is 2. The zero-order chi connectivity index (χ0) is 14.7. The Kier molecular flexibility index (Phi) is 3.59. The molecule has 0 saturated carbocycles. The highest BCUT2D eigenvalue weighted by atomic mass is 16.1. The molecule has 0 unspecified atom stereocenters. The molecule has 3 aromatic heterocycles. The molecule has 0 spiro atoms. The smallest absolute Gasteiger partial charge is 0.254 e. The number of rotatable bonds is 5. The van der Waals surface area contributed by atoms with Crippen LogP contribution in [0.1, 0.15) is 28.7 Å². The van der Waals surface area contributed by atoms with Gasteiger partial charge < -0.3 is 10.3 Å². The van der Waals surface area contributed by atoms with Crippen molar-refractivity contribution in [3.63, 3.8) is 0 Å². The summed E-state index contributed by atoms with van der Waals surface area (Å²) in [7, 11) is 0. The van der Waals surface area contributed by atoms with Crippen molar-refractivity contribution >= 4 is 11.7 Å². The van der Waals surface area contributed by atoms with Crippen LogP contribution in [0, 0.1) is 0 Å². The molecule has 3 heterocycles. The van der Waals surface area contributed by atoms with Crippen LogP contribution in [0.15, 0.2) is 25.0 Å². The van der Waals surface area contributed by atoms with Crippen LogP contribution in [0.3, 0.4) is 0 Å². The van der Waals surface area contributed by atoms with E-state index in [0.29, 0.717) is 30.7 Å². The summed E-state index contributed by atoms with van der Waals surface area (Å²) in [5.74, 6) is 0.345. The third-order valence-corrected chi connectivity index (χ3v) is 3.22. The summed E-state index contributed by atoms with van der Waals surface area (Å²) in [4.78, 5) is 27.4. The summed E-state index contributed by atoms with van der Waals surface area (Å²) >= 11 is 0. The Hall–Kier alpha value is -2.77. The maximum absolute atomic E-state index is 12.3. The van der Waals surface area contributed by atoms with E-state index < -0.39 is 0 Å². The zero-order valence-electron chi connectivity index (χ0n) is 11.6. The van der Waals surface area contributed by atoms with Gasteiger partial charge in [-0.05, 0) is 6.42 Å². The topological polar surface area (TPSA) is 101 Å². The van der Waals surface area contributed by atoms with Crippen LogP contribution in [-0.4, -0.2) is 42.0 Å². The molecule has 0 aliphatic rings. The molecule has 3 rings (SSSR count). The van der Waals surface area contributed by atoms with Crippen molar-refractivity contribution in [3.05, 3.63) is 42.0 Å². The molecule has 0 saturated heterocycles. The van der Waals surface area contributed by atoms with Crippen LogP contribution < -0.4 is 5.32 Å². The minimum atomic E-state index is -0.156. The van der Waals surface area contributed by atoms with Crippen LogP contribution in [0.4, 0.5) is 0 Å². The molecule has 0 aromatic carbocycles. The van der Waals surface area contributed by atoms with Gasteiger partial charge in [0.15, 0.2) is 0 Å². The number of hydrogen-bond acceptors (Lipinski definition) is 5. The predicted molar refractivity (Wildman–Crippen MR) is 74.8 cm³/mol. The van der Waals surface area contributed by atoms with Crippen LogP contribution in [-0.2, 0) is 12.8 Å². The largest absolute Gasteiger partial charge is 0.352 e. The van der Waals surface area contributed by atoms with E-state index in [1.807, 2.05) is 6.92 Å². The molecule has 21 heavy (non-hydrogen) atoms. The number of aryl methyl sites for hydroxylation is 1. The van der Waals surface area contributed by atoms with E-state index in [1.165, 1.54) is 6.33 Å². The van der Waals surface area contributed by atoms with E-state index in [4.69, 9.17) is 0 Å². The standard InChI is InChI=1S/C13H15N7O/c1-2-11-10(6-16-13-18-8-19-20(11)13)12(21)15-4-3-9-5-14-7-17-9/h5-8H,2-4H2,1H3,(H,14,17)(H,15,21). The van der Waals surface area contributed by atoms with Crippen molar-refractivity contribution in [2.75, 3.05) is 6.54 Å². The van der Waals surface area contributed by atoms with Gasteiger partial charge in [0.2, 0.25) is 0 Å². The summed E-state index contributed by atoms with van der Waals surface area (Å²) in [6.45, 7) is 2.50. The number of imidazole rings is 1. The third kappa shape index (κ3) is 2.60. The predicted octanol–water partition coefficient (Wildman–Crippen LogP) is 0.382. The number of nitrogens with one attached hydrogen (secondary N) is 2. The van der Waals surface area contributed by atoms with E-state index in [1.54, 1.807) is 23.2 Å². The van der Waals surface area contributed by atoms with E-state index in [-0.39, 0.29) is 5.91 Å². The molecule has 0 radical (unpaired) electrons. The fraction of sp³-hybridized carbons (Fsp3) is 0.308. The molecule has 0 aliphatic carbocycles. The van der Waals surface area contributed by atoms with Gasteiger partial charge in [-0.1, -0.05) is 6.92 Å². The van der Waals surface area contributed by atoms with Crippen LogP contribution >= 0.6 is 0 Å². The number of H-pyrrole nitrogens is 1. The molecular formula is C13H15N7O. The average Bonchev–Trinajstić information content (AvgIpc) is 3.16. The third-order valence-electron chi connectivity index (χ3n) is 3.22. The van der Waals surface area contributed by atoms with Crippen LogP contribution in [0.25, 0.3) is 5.78 Å². The van der Waals surface area contributed by atoms with Gasteiger partial charge in [-0.2, -0.15) is 10.1 Å². The van der Waals surface area contributed by atoms with Gasteiger partial charge in [-0.15, -0.1) is 0 Å². The minimum Gasteiger partial charge on any atom is -0.352 e. The second-order valence-electron chi connectivity index (χ2n) is 4.53. The van der Waals surface area contributed by atoms with Crippen molar-refractivity contribution < 1.29 is 4.79 Å². The van der Waals surface area contributed by atoms with Gasteiger partial charge in [0.05, 0.1) is 17.6 Å². The normalized spacial score (nSPS) is 10.9. The fourth-order valence-corrected chi connectivity index (χ4v) is 2.18. The fourth-order valence-electron chi connectivity index (χ4n) is 2.18. The van der Waals surface area contributed by atoms with Crippen molar-refractivity contribution in [1.29, 1.82) is 0 Å². The summed E-state index contributed by atoms with van der Waals surface area (Å²) in [5, 5.41) is 6.98. The Morgan fingerprint density at radius 1 is 1.38 bits per heavy atom. The van der Waals surface area contributed by atoms with Crippen LogP contribution in [0.5, 0.6) is 0 Å². The Labute approximate surface area is 120 Å². The number of aromatic amines is 1. The highest BCUT2D eigenvalue weighted by molar-refractivity contribution is 5.95. The molecule has 108 valence electrons. The lowest BCUT2D eigenvalue weighted by molar-refractivity contribution is 0.0952. The van der Waals surface area contributed by atoms with Crippen LogP contribution in [0.2, 0.25) is 0 Å². The number of amides is 1. The summed E-state index contributed by atoms with van der Waals surface area (Å²) in [6.07, 6.45) is 7.72. The molecule has 8 heteroatoms. The number of aromatic nitrogens is 6. The highest BCUT2D eigenvalue weighted by Gasteiger charge is 2.15. The second-order valence-corrected chi connectivity index (χ2v) is 4.53. The van der Waals surface area contributed by atoms with E-state index in [0.717, 1.165) is 11.4 Å². The lowest BCUT2D eigenvalue weighted by Crippen LogP contribution is -2.27. The second kappa shape index (κ2) is 5.70. The Morgan fingerprint density at radius 3 is 3.05 bits per heavy atom. The first-order valence-corrected chi connectivity index (χ1v) is 6.72. The van der Waals surface area contributed by atoms with E-state index in [2.05, 4.69) is 30.4 Å². The lowest BCUT2D eigenvalue weighted by atomic mass is 10.1. The van der Waals surface area contributed by atoms with Gasteiger partial charge in [-0.25, -0.2) is 14.5 Å². The molecule has 0 bridgehead atoms. The summed E-state index contributed by atoms with van der Waals surface area (Å²) < 4.78 is 1.60. The van der Waals surface area contributed by atoms with Gasteiger partial charge in [0.25, 0.3) is 11.7 Å². The van der Waals surface area contributed by atoms with Gasteiger partial charge in [0, 0.05) is 31.1 Å². The maximum atomic E-state index is 12.3. The van der Waals surface area contributed by atoms with Gasteiger partial charge in [-0.3, -0.25) is 4.79 Å². The van der Waals surface area contributed by atoms with Crippen molar-refractivity contribution in [2.45, 2.75) is 19.8 Å². The molecule has 0 atom stereocenters. The molecule has 1 amide bonds. The Bertz CT molecular complexity index is 747. The van der Waals surface area contributed by atoms with Crippen molar-refractivity contribution in [1.82, 2.24) is 34.9 Å². The first-order chi connectivity index (χ1) is 10.3. The van der Waals surface area contributed by atoms with Crippen molar-refractivity contribution in [3.8, 4) is 0 Å². The quantitative estimate of drug-likeness (QED) is 0.706. The Morgan fingerprint density at radius 2 is 2.29 bits per heavy atom. The van der Waals surface area contributed by atoms with Gasteiger partial charge >= 0.3 is 0 Å². The molecule has 0 aliphatic heterocycles. The molecule has 0 fully saturated rings. The zero-order valence-corrected chi connectivity index (χ0v) is 11.6. The lowest BCUT2D eigenvalue weighted by Gasteiger charge is -2.09. The van der Waals surface area contributed by atoms with Crippen molar-refractivity contribution in [2.24, 2.45) is 0 Å². The Balaban J connectivity index is 1.74.